The molecule has 0 spiro atoms. The molecule has 0 aliphatic heterocycles. The van der Waals surface area contributed by atoms with Crippen LogP contribution < -0.4 is 4.74 Å². The first kappa shape index (κ1) is 17.1. The van der Waals surface area contributed by atoms with Crippen LogP contribution in [0, 0.1) is 0 Å². The van der Waals surface area contributed by atoms with E-state index in [1.165, 1.54) is 7.11 Å². The molecule has 0 radical (unpaired) electrons. The molecule has 2 aromatic rings. The summed E-state index contributed by atoms with van der Waals surface area (Å²) in [6, 6.07) is 12.9. The third kappa shape index (κ3) is 1.62. The van der Waals surface area contributed by atoms with E-state index in [9.17, 15) is 9.59 Å². The highest BCUT2D eigenvalue weighted by molar-refractivity contribution is 6.42. The fraction of sp³-hybridized carbons (Fsp3) is 0.250. The number of hydrogen-bond donors (Lipinski definition) is 0. The number of ether oxygens (including phenoxy) is 2. The second-order valence-corrected chi connectivity index (χ2v) is 7.83. The van der Waals surface area contributed by atoms with Crippen LogP contribution in [-0.4, -0.2) is 31.4 Å². The summed E-state index contributed by atoms with van der Waals surface area (Å²) in [5, 5.41) is 0. The van der Waals surface area contributed by atoms with Crippen molar-refractivity contribution in [3.8, 4) is 5.75 Å². The quantitative estimate of drug-likeness (QED) is 0.744. The lowest BCUT2D eigenvalue weighted by molar-refractivity contribution is -0.0564. The molecule has 0 saturated heterocycles. The predicted molar refractivity (Wildman–Crippen MR) is 106 cm³/mol. The molecule has 1 fully saturated rings. The van der Waals surface area contributed by atoms with Gasteiger partial charge in [0.25, 0.3) is 0 Å². The van der Waals surface area contributed by atoms with E-state index in [0.29, 0.717) is 34.4 Å². The Morgan fingerprint density at radius 1 is 0.964 bits per heavy atom. The number of methoxy groups -OCH3 is 2. The van der Waals surface area contributed by atoms with Crippen molar-refractivity contribution in [2.45, 2.75) is 24.4 Å². The fourth-order valence-corrected chi connectivity index (χ4v) is 5.55. The molecule has 28 heavy (non-hydrogen) atoms. The molecule has 3 aliphatic carbocycles. The van der Waals surface area contributed by atoms with Gasteiger partial charge in [0, 0.05) is 29.2 Å². The fourth-order valence-electron chi connectivity index (χ4n) is 5.55. The average Bonchev–Trinajstić information content (AvgIpc) is 2.71. The Morgan fingerprint density at radius 3 is 2.36 bits per heavy atom. The maximum atomic E-state index is 13.7. The summed E-state index contributed by atoms with van der Waals surface area (Å²) in [6.45, 7) is 6.29. The van der Waals surface area contributed by atoms with E-state index in [-0.39, 0.29) is 11.6 Å². The van der Waals surface area contributed by atoms with Gasteiger partial charge in [0.05, 0.1) is 12.7 Å². The number of allylic oxidation sites excluding steroid dienone is 1. The van der Waals surface area contributed by atoms with E-state index in [0.717, 1.165) is 16.7 Å². The summed E-state index contributed by atoms with van der Waals surface area (Å²) in [5.41, 5.74) is 2.72. The van der Waals surface area contributed by atoms with E-state index in [4.69, 9.17) is 9.47 Å². The minimum Gasteiger partial charge on any atom is -0.496 e. The van der Waals surface area contributed by atoms with Gasteiger partial charge >= 0.3 is 0 Å². The van der Waals surface area contributed by atoms with Crippen LogP contribution in [0.1, 0.15) is 45.2 Å². The van der Waals surface area contributed by atoms with E-state index in [2.05, 4.69) is 13.5 Å². The number of carbonyl (C=O) groups is 2. The molecule has 5 rings (SSSR count). The topological polar surface area (TPSA) is 52.6 Å². The van der Waals surface area contributed by atoms with E-state index in [1.54, 1.807) is 25.3 Å². The zero-order valence-corrected chi connectivity index (χ0v) is 16.1. The van der Waals surface area contributed by atoms with Crippen molar-refractivity contribution < 1.29 is 19.1 Å². The zero-order chi connectivity index (χ0) is 19.8. The maximum Gasteiger partial charge on any atom is 0.198 e. The predicted octanol–water partition coefficient (Wildman–Crippen LogP) is 4.14. The van der Waals surface area contributed by atoms with Crippen molar-refractivity contribution in [3.05, 3.63) is 82.4 Å². The van der Waals surface area contributed by atoms with Gasteiger partial charge in [-0.15, -0.1) is 0 Å². The van der Waals surface area contributed by atoms with Crippen molar-refractivity contribution in [1.29, 1.82) is 0 Å². The molecule has 4 heteroatoms. The van der Waals surface area contributed by atoms with Gasteiger partial charge < -0.3 is 9.47 Å². The summed E-state index contributed by atoms with van der Waals surface area (Å²) in [6.07, 6.45) is 0.709. The number of rotatable bonds is 2. The lowest BCUT2D eigenvalue weighted by Gasteiger charge is -2.62. The van der Waals surface area contributed by atoms with Gasteiger partial charge in [-0.25, -0.2) is 0 Å². The second kappa shape index (κ2) is 5.30. The lowest BCUT2D eigenvalue weighted by atomic mass is 9.44. The summed E-state index contributed by atoms with van der Waals surface area (Å²) >= 11 is 0. The first-order valence-electron chi connectivity index (χ1n) is 9.27. The highest BCUT2D eigenvalue weighted by Crippen LogP contribution is 2.66. The molecule has 2 unspecified atom stereocenters. The Morgan fingerprint density at radius 2 is 1.68 bits per heavy atom. The number of ketones is 2. The molecule has 4 nitrogen and oxygen atoms in total. The van der Waals surface area contributed by atoms with Gasteiger partial charge in [-0.05, 0) is 29.2 Å². The highest BCUT2D eigenvalue weighted by Gasteiger charge is 2.68. The number of carbonyl (C=O) groups excluding carboxylic acids is 2. The smallest absolute Gasteiger partial charge is 0.198 e. The Hall–Kier alpha value is -2.98. The van der Waals surface area contributed by atoms with Crippen LogP contribution in [0.25, 0.3) is 5.57 Å². The minimum atomic E-state index is -0.996. The molecule has 0 N–H and O–H groups in total. The van der Waals surface area contributed by atoms with Gasteiger partial charge in [-0.1, -0.05) is 49.9 Å². The Bertz CT molecular complexity index is 1140. The third-order valence-electron chi connectivity index (χ3n) is 6.71. The minimum absolute atomic E-state index is 0.188. The van der Waals surface area contributed by atoms with Crippen molar-refractivity contribution >= 4 is 17.1 Å². The van der Waals surface area contributed by atoms with Gasteiger partial charge in [-0.3, -0.25) is 9.59 Å². The van der Waals surface area contributed by atoms with Crippen LogP contribution in [0.15, 0.2) is 60.2 Å². The van der Waals surface area contributed by atoms with Crippen molar-refractivity contribution in [2.24, 2.45) is 0 Å². The Balaban J connectivity index is 1.93. The lowest BCUT2D eigenvalue weighted by Crippen LogP contribution is -2.66. The molecular weight excluding hydrogens is 352 g/mol. The van der Waals surface area contributed by atoms with Crippen molar-refractivity contribution in [2.75, 3.05) is 14.2 Å². The molecule has 140 valence electrons. The van der Waals surface area contributed by atoms with Crippen LogP contribution in [0.2, 0.25) is 0 Å². The van der Waals surface area contributed by atoms with E-state index >= 15 is 0 Å². The first-order valence-corrected chi connectivity index (χ1v) is 9.27. The molecule has 0 aromatic heterocycles. The zero-order valence-electron chi connectivity index (χ0n) is 16.1. The van der Waals surface area contributed by atoms with Gasteiger partial charge in [-0.2, -0.15) is 0 Å². The number of Topliss-reactive ketones (excluding diaryl/α,β-unsaturated/α-hetero) is 2. The normalized spacial score (nSPS) is 27.5. The summed E-state index contributed by atoms with van der Waals surface area (Å²) in [4.78, 5) is 27.4. The van der Waals surface area contributed by atoms with Crippen LogP contribution in [0.4, 0.5) is 0 Å². The van der Waals surface area contributed by atoms with Crippen LogP contribution >= 0.6 is 0 Å². The molecule has 0 amide bonds. The van der Waals surface area contributed by atoms with Crippen molar-refractivity contribution in [1.82, 2.24) is 0 Å². The van der Waals surface area contributed by atoms with Gasteiger partial charge in [0.1, 0.15) is 11.4 Å². The Labute approximate surface area is 163 Å². The molecule has 0 bridgehead atoms. The molecule has 3 aliphatic rings. The van der Waals surface area contributed by atoms with Crippen LogP contribution in [0.3, 0.4) is 0 Å². The van der Waals surface area contributed by atoms with E-state index < -0.39 is 11.0 Å². The SMILES string of the molecule is C=C1CC2(C)c3ccccc3C3=C(C(=O)c4cccc(OC)c4C3=O)C12OC. The van der Waals surface area contributed by atoms with E-state index in [1.807, 2.05) is 24.3 Å². The molecule has 2 atom stereocenters. The third-order valence-corrected chi connectivity index (χ3v) is 6.71. The monoisotopic (exact) mass is 372 g/mol. The Kier molecular flexibility index (Phi) is 3.24. The van der Waals surface area contributed by atoms with Crippen LogP contribution in [0.5, 0.6) is 5.75 Å². The number of fused-ring (bicyclic) bond motifs is 6. The summed E-state index contributed by atoms with van der Waals surface area (Å²) in [5.74, 6) is 0.0201. The standard InChI is InChI=1S/C24H20O4/c1-13-12-23(2)16-10-6-5-8-14(16)19-20(24(13,23)28-4)21(25)15-9-7-11-17(27-3)18(15)22(19)26/h5-11H,1,12H2,2-4H3. The first-order chi connectivity index (χ1) is 13.4. The average molecular weight is 372 g/mol. The second-order valence-electron chi connectivity index (χ2n) is 7.83. The van der Waals surface area contributed by atoms with Crippen LogP contribution in [-0.2, 0) is 10.2 Å². The maximum absolute atomic E-state index is 13.7. The molecule has 0 heterocycles. The van der Waals surface area contributed by atoms with Crippen molar-refractivity contribution in [3.63, 3.8) is 0 Å². The number of hydrogen-bond acceptors (Lipinski definition) is 4. The number of benzene rings is 2. The molecule has 1 saturated carbocycles. The molecule has 2 aromatic carbocycles. The summed E-state index contributed by atoms with van der Waals surface area (Å²) < 4.78 is 11.5. The van der Waals surface area contributed by atoms with Gasteiger partial charge in [0.15, 0.2) is 11.6 Å². The summed E-state index contributed by atoms with van der Waals surface area (Å²) in [7, 11) is 3.10. The van der Waals surface area contributed by atoms with Gasteiger partial charge in [0.2, 0.25) is 0 Å². The highest BCUT2D eigenvalue weighted by atomic mass is 16.5. The largest absolute Gasteiger partial charge is 0.496 e. The molecular formula is C24H20O4.